The molecule has 1 unspecified atom stereocenters. The highest BCUT2D eigenvalue weighted by Gasteiger charge is 2.23. The van der Waals surface area contributed by atoms with Gasteiger partial charge in [0.25, 0.3) is 5.91 Å². The standard InChI is InChI=1S/C12H14FNO4/c1-7(12(16)17)14(2)11(15)8-4-5-9(13)10(6-8)18-3/h4-7H,1-3H3,(H,16,17). The Morgan fingerprint density at radius 2 is 2.06 bits per heavy atom. The molecule has 0 aliphatic rings. The van der Waals surface area contributed by atoms with Crippen LogP contribution in [0.2, 0.25) is 0 Å². The third-order valence-electron chi connectivity index (χ3n) is 2.66. The van der Waals surface area contributed by atoms with E-state index in [1.165, 1.54) is 33.2 Å². The number of hydrogen-bond acceptors (Lipinski definition) is 3. The summed E-state index contributed by atoms with van der Waals surface area (Å²) in [6.07, 6.45) is 0. The number of hydrogen-bond donors (Lipinski definition) is 1. The fourth-order valence-corrected chi connectivity index (χ4v) is 1.34. The molecule has 1 atom stereocenters. The lowest BCUT2D eigenvalue weighted by atomic mass is 10.1. The smallest absolute Gasteiger partial charge is 0.326 e. The molecule has 5 nitrogen and oxygen atoms in total. The second-order valence-electron chi connectivity index (χ2n) is 3.78. The molecule has 0 heterocycles. The van der Waals surface area contributed by atoms with E-state index in [1.807, 2.05) is 0 Å². The first-order valence-electron chi connectivity index (χ1n) is 5.22. The monoisotopic (exact) mass is 255 g/mol. The number of carboxylic acids is 1. The van der Waals surface area contributed by atoms with Gasteiger partial charge in [0.2, 0.25) is 0 Å². The predicted molar refractivity (Wildman–Crippen MR) is 62.1 cm³/mol. The highest BCUT2D eigenvalue weighted by molar-refractivity contribution is 5.96. The summed E-state index contributed by atoms with van der Waals surface area (Å²) in [5.41, 5.74) is 0.170. The highest BCUT2D eigenvalue weighted by Crippen LogP contribution is 2.19. The number of benzene rings is 1. The number of likely N-dealkylation sites (N-methyl/N-ethyl adjacent to an activating group) is 1. The van der Waals surface area contributed by atoms with Gasteiger partial charge in [-0.1, -0.05) is 0 Å². The van der Waals surface area contributed by atoms with E-state index in [2.05, 4.69) is 0 Å². The van der Waals surface area contributed by atoms with Crippen LogP contribution >= 0.6 is 0 Å². The van der Waals surface area contributed by atoms with Crippen molar-refractivity contribution in [2.75, 3.05) is 14.2 Å². The van der Waals surface area contributed by atoms with E-state index in [1.54, 1.807) is 0 Å². The Kier molecular flexibility index (Phi) is 4.25. The summed E-state index contributed by atoms with van der Waals surface area (Å²) in [6.45, 7) is 1.39. The van der Waals surface area contributed by atoms with Crippen LogP contribution in [0.5, 0.6) is 5.75 Å². The summed E-state index contributed by atoms with van der Waals surface area (Å²) >= 11 is 0. The number of aliphatic carboxylic acids is 1. The molecule has 98 valence electrons. The third-order valence-corrected chi connectivity index (χ3v) is 2.66. The summed E-state index contributed by atoms with van der Waals surface area (Å²) in [6, 6.07) is 2.66. The van der Waals surface area contributed by atoms with Crippen molar-refractivity contribution in [3.05, 3.63) is 29.6 Å². The maximum atomic E-state index is 13.2. The van der Waals surface area contributed by atoms with Gasteiger partial charge < -0.3 is 14.7 Å². The number of rotatable bonds is 4. The Balaban J connectivity index is 3.00. The van der Waals surface area contributed by atoms with E-state index in [9.17, 15) is 14.0 Å². The zero-order valence-electron chi connectivity index (χ0n) is 10.3. The highest BCUT2D eigenvalue weighted by atomic mass is 19.1. The molecule has 0 fully saturated rings. The van der Waals surface area contributed by atoms with Gasteiger partial charge in [0.1, 0.15) is 6.04 Å². The van der Waals surface area contributed by atoms with E-state index >= 15 is 0 Å². The van der Waals surface area contributed by atoms with Crippen molar-refractivity contribution < 1.29 is 23.8 Å². The van der Waals surface area contributed by atoms with Crippen molar-refractivity contribution >= 4 is 11.9 Å². The van der Waals surface area contributed by atoms with E-state index in [0.29, 0.717) is 0 Å². The first-order chi connectivity index (χ1) is 8.38. The number of methoxy groups -OCH3 is 1. The van der Waals surface area contributed by atoms with Gasteiger partial charge in [0.05, 0.1) is 7.11 Å². The van der Waals surface area contributed by atoms with E-state index < -0.39 is 23.7 Å². The summed E-state index contributed by atoms with van der Waals surface area (Å²) in [5.74, 6) is -2.26. The van der Waals surface area contributed by atoms with Crippen LogP contribution in [-0.2, 0) is 4.79 Å². The fraction of sp³-hybridized carbons (Fsp3) is 0.333. The van der Waals surface area contributed by atoms with Crippen LogP contribution in [0.3, 0.4) is 0 Å². The molecule has 0 aromatic heterocycles. The Morgan fingerprint density at radius 1 is 1.44 bits per heavy atom. The molecular formula is C12H14FNO4. The first-order valence-corrected chi connectivity index (χ1v) is 5.22. The number of ether oxygens (including phenoxy) is 1. The van der Waals surface area contributed by atoms with Crippen LogP contribution in [0, 0.1) is 5.82 Å². The maximum Gasteiger partial charge on any atom is 0.326 e. The van der Waals surface area contributed by atoms with Crippen LogP contribution in [0.15, 0.2) is 18.2 Å². The van der Waals surface area contributed by atoms with Crippen molar-refractivity contribution in [1.29, 1.82) is 0 Å². The van der Waals surface area contributed by atoms with Gasteiger partial charge in [0.15, 0.2) is 11.6 Å². The molecule has 1 aromatic carbocycles. The number of carboxylic acid groups (broad SMARTS) is 1. The van der Waals surface area contributed by atoms with Gasteiger partial charge in [0, 0.05) is 12.6 Å². The molecule has 6 heteroatoms. The molecule has 1 rings (SSSR count). The average molecular weight is 255 g/mol. The zero-order valence-corrected chi connectivity index (χ0v) is 10.3. The molecule has 0 radical (unpaired) electrons. The first kappa shape index (κ1) is 14.0. The Hall–Kier alpha value is -2.11. The lowest BCUT2D eigenvalue weighted by molar-refractivity contribution is -0.141. The second kappa shape index (κ2) is 5.48. The number of amides is 1. The topological polar surface area (TPSA) is 66.8 Å². The molecule has 0 saturated carbocycles. The van der Waals surface area contributed by atoms with Gasteiger partial charge in [-0.25, -0.2) is 9.18 Å². The third kappa shape index (κ3) is 2.77. The molecule has 0 saturated heterocycles. The van der Waals surface area contributed by atoms with Crippen LogP contribution in [0.4, 0.5) is 4.39 Å². The summed E-state index contributed by atoms with van der Waals surface area (Å²) in [7, 11) is 2.66. The van der Waals surface area contributed by atoms with Gasteiger partial charge in [-0.15, -0.1) is 0 Å². The molecule has 0 aliphatic carbocycles. The Morgan fingerprint density at radius 3 is 2.56 bits per heavy atom. The summed E-state index contributed by atoms with van der Waals surface area (Å²) < 4.78 is 17.9. The normalized spacial score (nSPS) is 11.8. The van der Waals surface area contributed by atoms with Crippen LogP contribution < -0.4 is 4.74 Å². The quantitative estimate of drug-likeness (QED) is 0.882. The van der Waals surface area contributed by atoms with Crippen LogP contribution in [0.25, 0.3) is 0 Å². The van der Waals surface area contributed by atoms with Gasteiger partial charge in [-0.2, -0.15) is 0 Å². The van der Waals surface area contributed by atoms with Crippen molar-refractivity contribution in [1.82, 2.24) is 4.90 Å². The minimum Gasteiger partial charge on any atom is -0.494 e. The number of carbonyl (C=O) groups is 2. The Labute approximate surface area is 104 Å². The van der Waals surface area contributed by atoms with Crippen molar-refractivity contribution in [2.24, 2.45) is 0 Å². The molecule has 18 heavy (non-hydrogen) atoms. The van der Waals surface area contributed by atoms with Crippen molar-refractivity contribution in [3.63, 3.8) is 0 Å². The largest absolute Gasteiger partial charge is 0.494 e. The van der Waals surface area contributed by atoms with Crippen molar-refractivity contribution in [3.8, 4) is 5.75 Å². The zero-order chi connectivity index (χ0) is 13.9. The molecule has 0 spiro atoms. The molecule has 0 bridgehead atoms. The maximum absolute atomic E-state index is 13.2. The molecular weight excluding hydrogens is 241 g/mol. The number of nitrogens with zero attached hydrogens (tertiary/aromatic N) is 1. The second-order valence-corrected chi connectivity index (χ2v) is 3.78. The van der Waals surface area contributed by atoms with Crippen molar-refractivity contribution in [2.45, 2.75) is 13.0 Å². The van der Waals surface area contributed by atoms with Gasteiger partial charge >= 0.3 is 5.97 Å². The van der Waals surface area contributed by atoms with Crippen LogP contribution in [-0.4, -0.2) is 42.1 Å². The summed E-state index contributed by atoms with van der Waals surface area (Å²) in [5, 5.41) is 8.81. The van der Waals surface area contributed by atoms with Crippen LogP contribution in [0.1, 0.15) is 17.3 Å². The van der Waals surface area contributed by atoms with E-state index in [-0.39, 0.29) is 11.3 Å². The molecule has 1 amide bonds. The molecule has 1 aromatic rings. The predicted octanol–water partition coefficient (Wildman–Crippen LogP) is 1.38. The van der Waals surface area contributed by atoms with Gasteiger partial charge in [-0.3, -0.25) is 4.79 Å². The van der Waals surface area contributed by atoms with Gasteiger partial charge in [-0.05, 0) is 25.1 Å². The minimum atomic E-state index is -1.11. The number of halogens is 1. The lowest BCUT2D eigenvalue weighted by Gasteiger charge is -2.21. The lowest BCUT2D eigenvalue weighted by Crippen LogP contribution is -2.40. The fourth-order valence-electron chi connectivity index (χ4n) is 1.34. The SMILES string of the molecule is COc1cc(C(=O)N(C)C(C)C(=O)O)ccc1F. The molecule has 1 N–H and O–H groups in total. The Bertz CT molecular complexity index is 475. The molecule has 0 aliphatic heterocycles. The number of carbonyl (C=O) groups excluding carboxylic acids is 1. The summed E-state index contributed by atoms with van der Waals surface area (Å²) in [4.78, 5) is 23.8. The average Bonchev–Trinajstić information content (AvgIpc) is 2.36. The minimum absolute atomic E-state index is 0.0581. The van der Waals surface area contributed by atoms with E-state index in [4.69, 9.17) is 9.84 Å². The van der Waals surface area contributed by atoms with E-state index in [0.717, 1.165) is 11.0 Å².